The number of amides is 2. The van der Waals surface area contributed by atoms with E-state index in [2.05, 4.69) is 30.1 Å². The molecule has 2 aromatic rings. The Morgan fingerprint density at radius 3 is 2.43 bits per heavy atom. The van der Waals surface area contributed by atoms with Gasteiger partial charge in [-0.2, -0.15) is 0 Å². The van der Waals surface area contributed by atoms with Crippen LogP contribution in [0.2, 0.25) is 0 Å². The van der Waals surface area contributed by atoms with Gasteiger partial charge in [-0.3, -0.25) is 9.59 Å². The third-order valence-electron chi connectivity index (χ3n) is 6.31. The Hall–Kier alpha value is -2.82. The van der Waals surface area contributed by atoms with Gasteiger partial charge in [-0.1, -0.05) is 35.4 Å². The highest BCUT2D eigenvalue weighted by Crippen LogP contribution is 2.27. The van der Waals surface area contributed by atoms with Crippen molar-refractivity contribution >= 4 is 17.5 Å². The summed E-state index contributed by atoms with van der Waals surface area (Å²) >= 11 is 0. The van der Waals surface area contributed by atoms with Gasteiger partial charge in [0.15, 0.2) is 0 Å². The second-order valence-corrected chi connectivity index (χ2v) is 8.78. The number of nitrogens with zero attached hydrogens (tertiary/aromatic N) is 3. The largest absolute Gasteiger partial charge is 0.373 e. The zero-order chi connectivity index (χ0) is 21.3. The fraction of sp³-hybridized carbons (Fsp3) is 0.440. The summed E-state index contributed by atoms with van der Waals surface area (Å²) in [7, 11) is 2.08. The third kappa shape index (κ3) is 4.20. The van der Waals surface area contributed by atoms with Gasteiger partial charge in [-0.05, 0) is 50.5 Å². The Morgan fingerprint density at radius 2 is 1.67 bits per heavy atom. The number of likely N-dealkylation sites (N-methyl/N-ethyl adjacent to an activating group) is 1. The smallest absolute Gasteiger partial charge is 0.253 e. The van der Waals surface area contributed by atoms with Crippen LogP contribution in [0.25, 0.3) is 0 Å². The number of para-hydroxylation sites is 1. The molecule has 2 amide bonds. The normalized spacial score (nSPS) is 19.3. The fourth-order valence-corrected chi connectivity index (χ4v) is 4.78. The maximum atomic E-state index is 13.4. The highest BCUT2D eigenvalue weighted by atomic mass is 16.2. The maximum Gasteiger partial charge on any atom is 0.253 e. The van der Waals surface area contributed by atoms with E-state index >= 15 is 0 Å². The van der Waals surface area contributed by atoms with Gasteiger partial charge in [0, 0.05) is 51.0 Å². The van der Waals surface area contributed by atoms with E-state index in [1.807, 2.05) is 47.9 Å². The van der Waals surface area contributed by atoms with E-state index in [1.165, 1.54) is 11.3 Å². The number of anilines is 1. The molecule has 0 N–H and O–H groups in total. The first-order valence-corrected chi connectivity index (χ1v) is 10.9. The Labute approximate surface area is 179 Å². The Kier molecular flexibility index (Phi) is 5.80. The van der Waals surface area contributed by atoms with Crippen molar-refractivity contribution < 1.29 is 9.59 Å². The van der Waals surface area contributed by atoms with Gasteiger partial charge in [0.1, 0.15) is 0 Å². The van der Waals surface area contributed by atoms with Crippen LogP contribution < -0.4 is 4.90 Å². The number of fused-ring (bicyclic) bond motifs is 1. The van der Waals surface area contributed by atoms with E-state index in [1.54, 1.807) is 0 Å². The Bertz CT molecular complexity index is 935. The van der Waals surface area contributed by atoms with Crippen LogP contribution in [0.5, 0.6) is 0 Å². The van der Waals surface area contributed by atoms with Crippen molar-refractivity contribution in [3.63, 3.8) is 0 Å². The fourth-order valence-electron chi connectivity index (χ4n) is 4.78. The lowest BCUT2D eigenvalue weighted by atomic mass is 9.95. The van der Waals surface area contributed by atoms with Gasteiger partial charge >= 0.3 is 0 Å². The van der Waals surface area contributed by atoms with Crippen molar-refractivity contribution in [3.8, 4) is 0 Å². The number of piperidine rings is 1. The van der Waals surface area contributed by atoms with Crippen LogP contribution in [0.1, 0.15) is 39.9 Å². The second kappa shape index (κ2) is 8.50. The summed E-state index contributed by atoms with van der Waals surface area (Å²) in [6, 6.07) is 14.3. The molecule has 30 heavy (non-hydrogen) atoms. The molecule has 5 heteroatoms. The predicted molar refractivity (Wildman–Crippen MR) is 120 cm³/mol. The molecule has 4 rings (SSSR count). The highest BCUT2D eigenvalue weighted by Gasteiger charge is 2.32. The van der Waals surface area contributed by atoms with Crippen LogP contribution in [0.4, 0.5) is 5.69 Å². The SMILES string of the molecule is Cc1cc(C)cc(C(=O)N2CCCC(C(=O)N3CCN(C)c4ccccc4C3)C2)c1. The second-order valence-electron chi connectivity index (χ2n) is 8.78. The van der Waals surface area contributed by atoms with Crippen LogP contribution in [0, 0.1) is 19.8 Å². The number of aryl methyl sites for hydroxylation is 2. The molecule has 158 valence electrons. The number of rotatable bonds is 2. The van der Waals surface area contributed by atoms with E-state index in [9.17, 15) is 9.59 Å². The van der Waals surface area contributed by atoms with Crippen molar-refractivity contribution in [3.05, 3.63) is 64.7 Å². The molecule has 2 heterocycles. The number of likely N-dealkylation sites (tertiary alicyclic amines) is 1. The van der Waals surface area contributed by atoms with E-state index in [0.717, 1.165) is 42.6 Å². The first-order chi connectivity index (χ1) is 14.4. The standard InChI is InChI=1S/C25H31N3O2/c1-18-13-19(2)15-22(14-18)25(30)27-10-6-8-21(17-27)24(29)28-12-11-26(3)23-9-5-4-7-20(23)16-28/h4-5,7,9,13-15,21H,6,8,10-12,16-17H2,1-3H3. The van der Waals surface area contributed by atoms with Crippen LogP contribution >= 0.6 is 0 Å². The van der Waals surface area contributed by atoms with Crippen molar-refractivity contribution in [1.29, 1.82) is 0 Å². The van der Waals surface area contributed by atoms with Gasteiger partial charge in [-0.25, -0.2) is 0 Å². The van der Waals surface area contributed by atoms with E-state index in [-0.39, 0.29) is 17.7 Å². The number of carbonyl (C=O) groups is 2. The average Bonchev–Trinajstić information content (AvgIpc) is 2.91. The first kappa shape index (κ1) is 20.5. The lowest BCUT2D eigenvalue weighted by Gasteiger charge is -2.35. The summed E-state index contributed by atoms with van der Waals surface area (Å²) in [6.07, 6.45) is 1.72. The van der Waals surface area contributed by atoms with Crippen molar-refractivity contribution in [1.82, 2.24) is 9.80 Å². The van der Waals surface area contributed by atoms with Crippen molar-refractivity contribution in [2.75, 3.05) is 38.1 Å². The lowest BCUT2D eigenvalue weighted by Crippen LogP contribution is -2.47. The highest BCUT2D eigenvalue weighted by molar-refractivity contribution is 5.95. The maximum absolute atomic E-state index is 13.4. The van der Waals surface area contributed by atoms with Gasteiger partial charge in [0.25, 0.3) is 5.91 Å². The molecule has 5 nitrogen and oxygen atoms in total. The predicted octanol–water partition coefficient (Wildman–Crippen LogP) is 3.63. The molecule has 1 saturated heterocycles. The van der Waals surface area contributed by atoms with E-state index in [4.69, 9.17) is 0 Å². The van der Waals surface area contributed by atoms with Crippen LogP contribution in [-0.2, 0) is 11.3 Å². The molecular weight excluding hydrogens is 374 g/mol. The van der Waals surface area contributed by atoms with Crippen LogP contribution in [0.3, 0.4) is 0 Å². The molecule has 2 aromatic carbocycles. The Morgan fingerprint density at radius 1 is 0.933 bits per heavy atom. The summed E-state index contributed by atoms with van der Waals surface area (Å²) in [5.41, 5.74) is 5.30. The first-order valence-electron chi connectivity index (χ1n) is 10.9. The molecule has 2 aliphatic rings. The number of hydrogen-bond donors (Lipinski definition) is 0. The van der Waals surface area contributed by atoms with Crippen LogP contribution in [0.15, 0.2) is 42.5 Å². The molecule has 0 bridgehead atoms. The summed E-state index contributed by atoms with van der Waals surface area (Å²) in [4.78, 5) is 32.6. The summed E-state index contributed by atoms with van der Waals surface area (Å²) < 4.78 is 0. The van der Waals surface area contributed by atoms with Gasteiger partial charge in [-0.15, -0.1) is 0 Å². The summed E-state index contributed by atoms with van der Waals surface area (Å²) in [5, 5.41) is 0. The minimum absolute atomic E-state index is 0.0419. The Balaban J connectivity index is 1.48. The van der Waals surface area contributed by atoms with Gasteiger partial charge in [0.05, 0.1) is 5.92 Å². The quantitative estimate of drug-likeness (QED) is 0.766. The summed E-state index contributed by atoms with van der Waals surface area (Å²) in [6.45, 7) is 7.44. The van der Waals surface area contributed by atoms with Crippen LogP contribution in [-0.4, -0.2) is 54.8 Å². The number of hydrogen-bond acceptors (Lipinski definition) is 3. The zero-order valence-corrected chi connectivity index (χ0v) is 18.2. The third-order valence-corrected chi connectivity index (χ3v) is 6.31. The molecule has 0 radical (unpaired) electrons. The molecule has 1 fully saturated rings. The number of benzene rings is 2. The van der Waals surface area contributed by atoms with Gasteiger partial charge < -0.3 is 14.7 Å². The monoisotopic (exact) mass is 405 g/mol. The number of carbonyl (C=O) groups excluding carboxylic acids is 2. The molecule has 0 saturated carbocycles. The molecule has 2 aliphatic heterocycles. The molecule has 0 spiro atoms. The summed E-state index contributed by atoms with van der Waals surface area (Å²) in [5.74, 6) is 0.0995. The molecule has 1 atom stereocenters. The molecule has 0 aliphatic carbocycles. The minimum Gasteiger partial charge on any atom is -0.373 e. The van der Waals surface area contributed by atoms with E-state index in [0.29, 0.717) is 19.6 Å². The average molecular weight is 406 g/mol. The molecule has 0 aromatic heterocycles. The zero-order valence-electron chi connectivity index (χ0n) is 18.2. The topological polar surface area (TPSA) is 43.9 Å². The van der Waals surface area contributed by atoms with Crippen molar-refractivity contribution in [2.45, 2.75) is 33.2 Å². The van der Waals surface area contributed by atoms with E-state index < -0.39 is 0 Å². The molecular formula is C25H31N3O2. The minimum atomic E-state index is -0.121. The van der Waals surface area contributed by atoms with Crippen molar-refractivity contribution in [2.24, 2.45) is 5.92 Å². The molecule has 1 unspecified atom stereocenters. The lowest BCUT2D eigenvalue weighted by molar-refractivity contribution is -0.137. The van der Waals surface area contributed by atoms with Gasteiger partial charge in [0.2, 0.25) is 5.91 Å².